The number of hydrogen-bond donors (Lipinski definition) is 1. The quantitative estimate of drug-likeness (QED) is 0.159. The van der Waals surface area contributed by atoms with E-state index in [1.165, 1.54) is 37.5 Å². The van der Waals surface area contributed by atoms with E-state index in [0.717, 1.165) is 16.0 Å². The lowest BCUT2D eigenvalue weighted by Gasteiger charge is -2.26. The summed E-state index contributed by atoms with van der Waals surface area (Å²) in [5.74, 6) is -1.18. The molecule has 200 valence electrons. The SMILES string of the molecule is CCOc1cc(/C=C2\C(=O)NC(=O)N(c3ccc(C(=O)OC)cc3)C2=O)cc(I)c1OCc1cccc(C)c1. The van der Waals surface area contributed by atoms with E-state index in [0.29, 0.717) is 33.8 Å². The third-order valence-electron chi connectivity index (χ3n) is 5.76. The smallest absolute Gasteiger partial charge is 0.337 e. The van der Waals surface area contributed by atoms with E-state index in [1.54, 1.807) is 12.1 Å². The highest BCUT2D eigenvalue weighted by molar-refractivity contribution is 14.1. The van der Waals surface area contributed by atoms with Crippen LogP contribution in [0.25, 0.3) is 6.08 Å². The summed E-state index contributed by atoms with van der Waals surface area (Å²) >= 11 is 2.11. The molecule has 0 atom stereocenters. The van der Waals surface area contributed by atoms with Crippen molar-refractivity contribution in [1.82, 2.24) is 5.32 Å². The van der Waals surface area contributed by atoms with Crippen LogP contribution in [0.2, 0.25) is 0 Å². The number of aryl methyl sites for hydroxylation is 1. The van der Waals surface area contributed by atoms with Crippen LogP contribution in [0.5, 0.6) is 11.5 Å². The fourth-order valence-corrected chi connectivity index (χ4v) is 4.74. The molecule has 3 aromatic rings. The first-order valence-corrected chi connectivity index (χ1v) is 13.0. The van der Waals surface area contributed by atoms with Crippen molar-refractivity contribution in [2.75, 3.05) is 18.6 Å². The number of amides is 4. The van der Waals surface area contributed by atoms with Gasteiger partial charge in [-0.05, 0) is 90.0 Å². The van der Waals surface area contributed by atoms with Crippen molar-refractivity contribution in [2.24, 2.45) is 0 Å². The van der Waals surface area contributed by atoms with Crippen molar-refractivity contribution < 1.29 is 33.4 Å². The van der Waals surface area contributed by atoms with Crippen LogP contribution in [-0.2, 0) is 20.9 Å². The van der Waals surface area contributed by atoms with Crippen molar-refractivity contribution in [3.05, 3.63) is 92.1 Å². The Morgan fingerprint density at radius 1 is 1.03 bits per heavy atom. The first-order chi connectivity index (χ1) is 18.7. The van der Waals surface area contributed by atoms with Gasteiger partial charge in [0.25, 0.3) is 11.8 Å². The van der Waals surface area contributed by atoms with Gasteiger partial charge in [-0.25, -0.2) is 14.5 Å². The molecule has 0 unspecified atom stereocenters. The van der Waals surface area contributed by atoms with Crippen molar-refractivity contribution in [3.63, 3.8) is 0 Å². The van der Waals surface area contributed by atoms with E-state index in [-0.39, 0.29) is 16.8 Å². The molecule has 4 amide bonds. The lowest BCUT2D eigenvalue weighted by molar-refractivity contribution is -0.122. The van der Waals surface area contributed by atoms with Gasteiger partial charge in [-0.2, -0.15) is 0 Å². The lowest BCUT2D eigenvalue weighted by Crippen LogP contribution is -2.54. The molecule has 1 N–H and O–H groups in total. The predicted molar refractivity (Wildman–Crippen MR) is 153 cm³/mol. The maximum atomic E-state index is 13.3. The minimum absolute atomic E-state index is 0.188. The number of methoxy groups -OCH3 is 1. The topological polar surface area (TPSA) is 111 Å². The molecule has 4 rings (SSSR count). The van der Waals surface area contributed by atoms with Crippen LogP contribution in [0.1, 0.15) is 34.0 Å². The number of hydrogen-bond acceptors (Lipinski definition) is 7. The zero-order valence-corrected chi connectivity index (χ0v) is 23.6. The number of imide groups is 2. The van der Waals surface area contributed by atoms with E-state index in [2.05, 4.69) is 32.6 Å². The largest absolute Gasteiger partial charge is 0.490 e. The molecule has 0 radical (unpaired) electrons. The standard InChI is InChI=1S/C29H25IN2O7/c1-4-38-24-15-19(14-23(30)25(24)39-16-18-7-5-6-17(2)12-18)13-22-26(33)31-29(36)32(27(22)34)21-10-8-20(9-11-21)28(35)37-3/h5-15H,4,16H2,1-3H3,(H,31,33,36)/b22-13+. The van der Waals surface area contributed by atoms with Gasteiger partial charge in [0.1, 0.15) is 12.2 Å². The summed E-state index contributed by atoms with van der Waals surface area (Å²) in [5, 5.41) is 2.20. The maximum absolute atomic E-state index is 13.3. The van der Waals surface area contributed by atoms with E-state index in [1.807, 2.05) is 38.1 Å². The predicted octanol–water partition coefficient (Wildman–Crippen LogP) is 5.03. The lowest BCUT2D eigenvalue weighted by atomic mass is 10.1. The molecule has 0 bridgehead atoms. The van der Waals surface area contributed by atoms with Crippen molar-refractivity contribution in [2.45, 2.75) is 20.5 Å². The van der Waals surface area contributed by atoms with E-state index < -0.39 is 23.8 Å². The first-order valence-electron chi connectivity index (χ1n) is 12.0. The van der Waals surface area contributed by atoms with Crippen molar-refractivity contribution in [1.29, 1.82) is 0 Å². The number of carbonyl (C=O) groups is 4. The van der Waals surface area contributed by atoms with Crippen LogP contribution in [0, 0.1) is 10.5 Å². The van der Waals surface area contributed by atoms with E-state index in [4.69, 9.17) is 9.47 Å². The number of rotatable bonds is 8. The van der Waals surface area contributed by atoms with Crippen LogP contribution in [0.4, 0.5) is 10.5 Å². The highest BCUT2D eigenvalue weighted by atomic mass is 127. The number of barbiturate groups is 1. The number of anilines is 1. The van der Waals surface area contributed by atoms with E-state index >= 15 is 0 Å². The summed E-state index contributed by atoms with van der Waals surface area (Å²) in [6.45, 7) is 4.57. The fourth-order valence-electron chi connectivity index (χ4n) is 3.95. The minimum atomic E-state index is -0.891. The Bertz CT molecular complexity index is 1480. The molecular weight excluding hydrogens is 615 g/mol. The van der Waals surface area contributed by atoms with Gasteiger partial charge in [0.05, 0.1) is 28.5 Å². The molecule has 1 fully saturated rings. The molecule has 0 spiro atoms. The molecular formula is C29H25IN2O7. The summed E-state index contributed by atoms with van der Waals surface area (Å²) < 4.78 is 17.3. The van der Waals surface area contributed by atoms with E-state index in [9.17, 15) is 19.2 Å². The highest BCUT2D eigenvalue weighted by Crippen LogP contribution is 2.36. The Hall–Kier alpha value is -4.19. The molecule has 9 nitrogen and oxygen atoms in total. The van der Waals surface area contributed by atoms with Gasteiger partial charge in [0, 0.05) is 0 Å². The summed E-state index contributed by atoms with van der Waals surface area (Å²) in [4.78, 5) is 51.1. The van der Waals surface area contributed by atoms with Gasteiger partial charge >= 0.3 is 12.0 Å². The van der Waals surface area contributed by atoms with Crippen LogP contribution in [0.15, 0.2) is 66.2 Å². The molecule has 10 heteroatoms. The number of carbonyl (C=O) groups excluding carboxylic acids is 4. The number of nitrogens with zero attached hydrogens (tertiary/aromatic N) is 1. The minimum Gasteiger partial charge on any atom is -0.490 e. The number of esters is 1. The van der Waals surface area contributed by atoms with Gasteiger partial charge in [-0.3, -0.25) is 14.9 Å². The number of nitrogens with one attached hydrogen (secondary N) is 1. The second-order valence-electron chi connectivity index (χ2n) is 8.54. The molecule has 1 saturated heterocycles. The number of ether oxygens (including phenoxy) is 3. The van der Waals surface area contributed by atoms with Crippen LogP contribution >= 0.6 is 22.6 Å². The van der Waals surface area contributed by atoms with Crippen LogP contribution < -0.4 is 19.7 Å². The Morgan fingerprint density at radius 3 is 2.44 bits per heavy atom. The third-order valence-corrected chi connectivity index (χ3v) is 6.56. The van der Waals surface area contributed by atoms with Crippen molar-refractivity contribution in [3.8, 4) is 11.5 Å². The Balaban J connectivity index is 1.64. The number of benzene rings is 3. The van der Waals surface area contributed by atoms with Gasteiger partial charge in [0.2, 0.25) is 0 Å². The molecule has 0 saturated carbocycles. The summed E-state index contributed by atoms with van der Waals surface area (Å²) in [6, 6.07) is 16.2. The van der Waals surface area contributed by atoms with Crippen LogP contribution in [-0.4, -0.2) is 37.5 Å². The first kappa shape index (κ1) is 27.8. The maximum Gasteiger partial charge on any atom is 0.337 e. The van der Waals surface area contributed by atoms with Gasteiger partial charge in [0.15, 0.2) is 11.5 Å². The highest BCUT2D eigenvalue weighted by Gasteiger charge is 2.37. The number of halogens is 1. The summed E-state index contributed by atoms with van der Waals surface area (Å²) in [6.07, 6.45) is 1.40. The molecule has 3 aromatic carbocycles. The molecule has 1 heterocycles. The Labute approximate surface area is 238 Å². The summed E-state index contributed by atoms with van der Waals surface area (Å²) in [5.41, 5.74) is 2.85. The normalized spacial score (nSPS) is 14.3. The molecule has 1 aliphatic heterocycles. The molecule has 0 aromatic heterocycles. The average Bonchev–Trinajstić information content (AvgIpc) is 2.90. The Kier molecular flexibility index (Phi) is 8.65. The monoisotopic (exact) mass is 640 g/mol. The Morgan fingerprint density at radius 2 is 1.77 bits per heavy atom. The van der Waals surface area contributed by atoms with Crippen molar-refractivity contribution >= 4 is 58.2 Å². The average molecular weight is 640 g/mol. The number of urea groups is 1. The zero-order valence-electron chi connectivity index (χ0n) is 21.4. The van der Waals surface area contributed by atoms with Gasteiger partial charge in [-0.15, -0.1) is 0 Å². The second-order valence-corrected chi connectivity index (χ2v) is 9.70. The van der Waals surface area contributed by atoms with Gasteiger partial charge < -0.3 is 14.2 Å². The zero-order chi connectivity index (χ0) is 28.1. The molecule has 39 heavy (non-hydrogen) atoms. The molecule has 0 aliphatic carbocycles. The molecule has 1 aliphatic rings. The van der Waals surface area contributed by atoms with Gasteiger partial charge in [-0.1, -0.05) is 29.8 Å². The third kappa shape index (κ3) is 6.28. The fraction of sp³-hybridized carbons (Fsp3) is 0.172. The summed E-state index contributed by atoms with van der Waals surface area (Å²) in [7, 11) is 1.25. The second kappa shape index (κ2) is 12.1. The van der Waals surface area contributed by atoms with Crippen LogP contribution in [0.3, 0.4) is 0 Å².